The number of piperazine rings is 1. The molecule has 3 aliphatic rings. The number of nitrogens with zero attached hydrogens (tertiary/aromatic N) is 2. The number of fused-ring (bicyclic) bond motifs is 2. The molecule has 2 amide bonds. The highest BCUT2D eigenvalue weighted by Gasteiger charge is 2.64. The number of nitrogen functional groups attached to an aromatic ring is 1. The summed E-state index contributed by atoms with van der Waals surface area (Å²) in [6.45, 7) is 2.51. The minimum Gasteiger partial charge on any atom is -0.463 e. The van der Waals surface area contributed by atoms with E-state index in [9.17, 15) is 14.4 Å². The fourth-order valence-corrected chi connectivity index (χ4v) is 5.77. The first-order valence-electron chi connectivity index (χ1n) is 8.82. The van der Waals surface area contributed by atoms with Crippen LogP contribution in [0.3, 0.4) is 0 Å². The van der Waals surface area contributed by atoms with E-state index in [1.807, 2.05) is 0 Å². The lowest BCUT2D eigenvalue weighted by atomic mass is 9.97. The van der Waals surface area contributed by atoms with Crippen molar-refractivity contribution in [2.45, 2.75) is 36.7 Å². The zero-order valence-electron chi connectivity index (χ0n) is 14.5. The number of hydrogen-bond acceptors (Lipinski definition) is 6. The van der Waals surface area contributed by atoms with Crippen LogP contribution >= 0.6 is 11.8 Å². The SMILES string of the molecule is CCOC(=O)[C@@]1(c2ccccc2N)SC[C@H]2C(=O)N3CCC[C@H]3C(=O)N21. The number of rotatable bonds is 3. The molecular weight excluding hydrogens is 354 g/mol. The van der Waals surface area contributed by atoms with Gasteiger partial charge in [0.25, 0.3) is 0 Å². The zero-order chi connectivity index (χ0) is 18.5. The number of ether oxygens (including phenoxy) is 1. The highest BCUT2D eigenvalue weighted by atomic mass is 32.2. The molecule has 3 fully saturated rings. The number of hydrogen-bond donors (Lipinski definition) is 1. The normalized spacial score (nSPS) is 30.3. The summed E-state index contributed by atoms with van der Waals surface area (Å²) in [6.07, 6.45) is 1.43. The summed E-state index contributed by atoms with van der Waals surface area (Å²) in [6, 6.07) is 5.83. The number of amides is 2. The third-order valence-electron chi connectivity index (χ3n) is 5.32. The van der Waals surface area contributed by atoms with E-state index in [-0.39, 0.29) is 18.4 Å². The summed E-state index contributed by atoms with van der Waals surface area (Å²) in [5, 5.41) is 0. The third-order valence-corrected chi connectivity index (χ3v) is 6.81. The molecular formula is C18H21N3O4S. The zero-order valence-corrected chi connectivity index (χ0v) is 15.3. The lowest BCUT2D eigenvalue weighted by Crippen LogP contribution is -2.66. The number of carbonyl (C=O) groups excluding carboxylic acids is 3. The maximum absolute atomic E-state index is 13.3. The largest absolute Gasteiger partial charge is 0.463 e. The molecule has 2 N–H and O–H groups in total. The number of anilines is 1. The molecule has 3 heterocycles. The van der Waals surface area contributed by atoms with E-state index in [4.69, 9.17) is 10.5 Å². The van der Waals surface area contributed by atoms with Crippen LogP contribution in [0.25, 0.3) is 0 Å². The van der Waals surface area contributed by atoms with Gasteiger partial charge in [0.2, 0.25) is 16.7 Å². The Morgan fingerprint density at radius 3 is 2.81 bits per heavy atom. The van der Waals surface area contributed by atoms with Gasteiger partial charge >= 0.3 is 5.97 Å². The molecule has 7 nitrogen and oxygen atoms in total. The molecule has 0 aromatic heterocycles. The predicted molar refractivity (Wildman–Crippen MR) is 97.0 cm³/mol. The molecule has 0 spiro atoms. The second-order valence-electron chi connectivity index (χ2n) is 6.68. The molecule has 4 rings (SSSR count). The van der Waals surface area contributed by atoms with Crippen molar-refractivity contribution in [3.05, 3.63) is 29.8 Å². The van der Waals surface area contributed by atoms with Crippen molar-refractivity contribution < 1.29 is 19.1 Å². The maximum Gasteiger partial charge on any atom is 0.347 e. The van der Waals surface area contributed by atoms with Crippen LogP contribution < -0.4 is 5.73 Å². The van der Waals surface area contributed by atoms with Crippen LogP contribution in [0.5, 0.6) is 0 Å². The van der Waals surface area contributed by atoms with Crippen LogP contribution in [-0.4, -0.2) is 58.6 Å². The molecule has 26 heavy (non-hydrogen) atoms. The molecule has 1 aromatic carbocycles. The Morgan fingerprint density at radius 1 is 1.31 bits per heavy atom. The Bertz CT molecular complexity index is 785. The lowest BCUT2D eigenvalue weighted by molar-refractivity contribution is -0.169. The van der Waals surface area contributed by atoms with E-state index in [0.29, 0.717) is 30.0 Å². The highest BCUT2D eigenvalue weighted by molar-refractivity contribution is 8.01. The topological polar surface area (TPSA) is 92.9 Å². The molecule has 0 aliphatic carbocycles. The second kappa shape index (κ2) is 6.19. The van der Waals surface area contributed by atoms with Crippen molar-refractivity contribution in [3.8, 4) is 0 Å². The fourth-order valence-electron chi connectivity index (χ4n) is 4.20. The van der Waals surface area contributed by atoms with Crippen LogP contribution in [0, 0.1) is 0 Å². The molecule has 3 aliphatic heterocycles. The van der Waals surface area contributed by atoms with Crippen LogP contribution in [-0.2, 0) is 24.0 Å². The van der Waals surface area contributed by atoms with Gasteiger partial charge in [0, 0.05) is 23.5 Å². The van der Waals surface area contributed by atoms with E-state index in [0.717, 1.165) is 6.42 Å². The number of benzene rings is 1. The van der Waals surface area contributed by atoms with E-state index in [1.54, 1.807) is 36.1 Å². The first-order chi connectivity index (χ1) is 12.5. The summed E-state index contributed by atoms with van der Waals surface area (Å²) >= 11 is 1.26. The molecule has 0 unspecified atom stereocenters. The van der Waals surface area contributed by atoms with Crippen molar-refractivity contribution in [1.29, 1.82) is 0 Å². The Kier molecular flexibility index (Phi) is 4.10. The molecule has 0 radical (unpaired) electrons. The van der Waals surface area contributed by atoms with Crippen molar-refractivity contribution in [2.24, 2.45) is 0 Å². The molecule has 3 atom stereocenters. The molecule has 138 valence electrons. The molecule has 3 saturated heterocycles. The van der Waals surface area contributed by atoms with Gasteiger partial charge in [-0.25, -0.2) is 4.79 Å². The summed E-state index contributed by atoms with van der Waals surface area (Å²) in [7, 11) is 0. The first kappa shape index (κ1) is 17.2. The Morgan fingerprint density at radius 2 is 2.08 bits per heavy atom. The summed E-state index contributed by atoms with van der Waals surface area (Å²) in [5.74, 6) is -0.465. The summed E-state index contributed by atoms with van der Waals surface area (Å²) in [4.78, 5) is 41.1. The van der Waals surface area contributed by atoms with Crippen molar-refractivity contribution in [3.63, 3.8) is 0 Å². The molecule has 8 heteroatoms. The monoisotopic (exact) mass is 375 g/mol. The van der Waals surface area contributed by atoms with Crippen molar-refractivity contribution >= 4 is 35.2 Å². The second-order valence-corrected chi connectivity index (χ2v) is 7.89. The van der Waals surface area contributed by atoms with Gasteiger partial charge in [0.1, 0.15) is 12.1 Å². The number of para-hydroxylation sites is 1. The van der Waals surface area contributed by atoms with Crippen molar-refractivity contribution in [2.75, 3.05) is 24.6 Å². The maximum atomic E-state index is 13.3. The molecule has 0 saturated carbocycles. The third kappa shape index (κ3) is 2.17. The fraction of sp³-hybridized carbons (Fsp3) is 0.500. The van der Waals surface area contributed by atoms with Gasteiger partial charge in [0.05, 0.1) is 6.61 Å². The predicted octanol–water partition coefficient (Wildman–Crippen LogP) is 0.933. The Hall–Kier alpha value is -2.22. The van der Waals surface area contributed by atoms with Gasteiger partial charge in [-0.3, -0.25) is 14.5 Å². The number of carbonyl (C=O) groups is 3. The number of esters is 1. The van der Waals surface area contributed by atoms with Crippen LogP contribution in [0.4, 0.5) is 5.69 Å². The molecule has 0 bridgehead atoms. The standard InChI is InChI=1S/C18H21N3O4S/c1-2-25-17(24)18(11-6-3-4-7-12(11)19)21-14(10-26-18)15(22)20-9-5-8-13(20)16(21)23/h3-4,6-7,13-14H,2,5,8-10,19H2,1H3/t13-,14-,18+/m0/s1. The number of nitrogens with two attached hydrogens (primary N) is 1. The molecule has 1 aromatic rings. The quantitative estimate of drug-likeness (QED) is 0.624. The van der Waals surface area contributed by atoms with Gasteiger partial charge in [0.15, 0.2) is 0 Å². The smallest absolute Gasteiger partial charge is 0.347 e. The Labute approximate surface area is 155 Å². The summed E-state index contributed by atoms with van der Waals surface area (Å²) in [5.41, 5.74) is 7.09. The van der Waals surface area contributed by atoms with Crippen LogP contribution in [0.15, 0.2) is 24.3 Å². The van der Waals surface area contributed by atoms with Gasteiger partial charge in [-0.15, -0.1) is 11.8 Å². The van der Waals surface area contributed by atoms with Gasteiger partial charge in [-0.2, -0.15) is 0 Å². The van der Waals surface area contributed by atoms with Gasteiger partial charge in [-0.1, -0.05) is 18.2 Å². The number of thioether (sulfide) groups is 1. The van der Waals surface area contributed by atoms with Crippen molar-refractivity contribution in [1.82, 2.24) is 9.80 Å². The Balaban J connectivity index is 1.87. The average molecular weight is 375 g/mol. The van der Waals surface area contributed by atoms with Gasteiger partial charge < -0.3 is 15.4 Å². The minimum absolute atomic E-state index is 0.0831. The van der Waals surface area contributed by atoms with E-state index >= 15 is 0 Å². The van der Waals surface area contributed by atoms with Gasteiger partial charge in [-0.05, 0) is 25.8 Å². The summed E-state index contributed by atoms with van der Waals surface area (Å²) < 4.78 is 5.35. The van der Waals surface area contributed by atoms with E-state index in [1.165, 1.54) is 16.7 Å². The van der Waals surface area contributed by atoms with E-state index < -0.39 is 22.9 Å². The highest BCUT2D eigenvalue weighted by Crippen LogP contribution is 2.52. The lowest BCUT2D eigenvalue weighted by Gasteiger charge is -2.45. The minimum atomic E-state index is -1.41. The average Bonchev–Trinajstić information content (AvgIpc) is 3.27. The van der Waals surface area contributed by atoms with Crippen LogP contribution in [0.2, 0.25) is 0 Å². The van der Waals surface area contributed by atoms with E-state index in [2.05, 4.69) is 0 Å². The first-order valence-corrected chi connectivity index (χ1v) is 9.80. The van der Waals surface area contributed by atoms with Crippen LogP contribution in [0.1, 0.15) is 25.3 Å².